The van der Waals surface area contributed by atoms with E-state index in [2.05, 4.69) is 30.7 Å². The van der Waals surface area contributed by atoms with Crippen LogP contribution in [0.2, 0.25) is 18.2 Å². The fraction of sp³-hybridized carbons (Fsp3) is 1.00. The van der Waals surface area contributed by atoms with Crippen molar-refractivity contribution in [1.29, 1.82) is 0 Å². The SMILES string of the molecule is CCC[CH2][Sn]([CH3])([CH3])[CH](C)CC. The van der Waals surface area contributed by atoms with Crippen LogP contribution in [0, 0.1) is 0 Å². The molecule has 68 valence electrons. The second kappa shape index (κ2) is 5.45. The van der Waals surface area contributed by atoms with E-state index in [9.17, 15) is 0 Å². The first-order chi connectivity index (χ1) is 5.04. The monoisotopic (exact) mass is 264 g/mol. The van der Waals surface area contributed by atoms with Crippen molar-refractivity contribution in [3.05, 3.63) is 0 Å². The molecule has 0 nitrogen and oxygen atoms in total. The summed E-state index contributed by atoms with van der Waals surface area (Å²) < 4.78 is 2.68. The maximum absolute atomic E-state index is 2.61. The van der Waals surface area contributed by atoms with Crippen LogP contribution in [0.15, 0.2) is 0 Å². The molecule has 0 heterocycles. The van der Waals surface area contributed by atoms with E-state index in [4.69, 9.17) is 0 Å². The zero-order valence-electron chi connectivity index (χ0n) is 8.91. The van der Waals surface area contributed by atoms with E-state index in [1.807, 2.05) is 0 Å². The number of hydrogen-bond acceptors (Lipinski definition) is 0. The minimum atomic E-state index is -1.54. The van der Waals surface area contributed by atoms with Gasteiger partial charge >= 0.3 is 76.7 Å². The summed E-state index contributed by atoms with van der Waals surface area (Å²) in [6.07, 6.45) is 4.27. The summed E-state index contributed by atoms with van der Waals surface area (Å²) in [5.41, 5.74) is 0. The molecule has 0 aliphatic carbocycles. The zero-order valence-corrected chi connectivity index (χ0v) is 11.8. The molecule has 0 fully saturated rings. The molecule has 0 rings (SSSR count). The third-order valence-corrected chi connectivity index (χ3v) is 16.6. The van der Waals surface area contributed by atoms with Gasteiger partial charge in [-0.05, 0) is 0 Å². The topological polar surface area (TPSA) is 0 Å². The Morgan fingerprint density at radius 2 is 1.73 bits per heavy atom. The van der Waals surface area contributed by atoms with Crippen LogP contribution in [-0.4, -0.2) is 18.4 Å². The predicted molar refractivity (Wildman–Crippen MR) is 56.9 cm³/mol. The van der Waals surface area contributed by atoms with Gasteiger partial charge in [-0.25, -0.2) is 0 Å². The van der Waals surface area contributed by atoms with E-state index in [0.29, 0.717) is 0 Å². The molecule has 0 aromatic rings. The molecule has 0 saturated carbocycles. The van der Waals surface area contributed by atoms with E-state index in [0.717, 1.165) is 3.93 Å². The summed E-state index contributed by atoms with van der Waals surface area (Å²) in [5, 5.41) is 0. The third kappa shape index (κ3) is 4.39. The Morgan fingerprint density at radius 3 is 2.09 bits per heavy atom. The van der Waals surface area contributed by atoms with E-state index >= 15 is 0 Å². The Kier molecular flexibility index (Phi) is 5.84. The predicted octanol–water partition coefficient (Wildman–Crippen LogP) is 4.30. The van der Waals surface area contributed by atoms with Gasteiger partial charge in [-0.15, -0.1) is 0 Å². The molecule has 0 aliphatic heterocycles. The van der Waals surface area contributed by atoms with Gasteiger partial charge in [0.15, 0.2) is 0 Å². The van der Waals surface area contributed by atoms with Gasteiger partial charge in [0.2, 0.25) is 0 Å². The van der Waals surface area contributed by atoms with Gasteiger partial charge in [0.1, 0.15) is 0 Å². The standard InChI is InChI=1S/2C4H9.2CH3.Sn/c2*1-3-4-2;;;/h3H,4H2,1-2H3;1,3-4H2,2H3;2*1H3;. The maximum atomic E-state index is 2.61. The van der Waals surface area contributed by atoms with E-state index in [-0.39, 0.29) is 0 Å². The Balaban J connectivity index is 3.77. The van der Waals surface area contributed by atoms with Crippen LogP contribution in [0.1, 0.15) is 40.0 Å². The van der Waals surface area contributed by atoms with E-state index in [1.54, 1.807) is 4.44 Å². The second-order valence-electron chi connectivity index (χ2n) is 4.40. The van der Waals surface area contributed by atoms with Crippen molar-refractivity contribution >= 4 is 18.4 Å². The van der Waals surface area contributed by atoms with Gasteiger partial charge in [-0.1, -0.05) is 0 Å². The van der Waals surface area contributed by atoms with Gasteiger partial charge in [-0.2, -0.15) is 0 Å². The summed E-state index contributed by atoms with van der Waals surface area (Å²) in [7, 11) is 0. The van der Waals surface area contributed by atoms with Crippen LogP contribution in [0.4, 0.5) is 0 Å². The molecule has 1 atom stereocenters. The van der Waals surface area contributed by atoms with Gasteiger partial charge in [0.25, 0.3) is 0 Å². The molecule has 0 bridgehead atoms. The van der Waals surface area contributed by atoms with Crippen molar-refractivity contribution in [3.8, 4) is 0 Å². The molecule has 0 N–H and O–H groups in total. The Morgan fingerprint density at radius 1 is 1.18 bits per heavy atom. The molecule has 0 spiro atoms. The Hall–Kier alpha value is 0.799. The first kappa shape index (κ1) is 11.8. The molecule has 0 amide bonds. The first-order valence-corrected chi connectivity index (χ1v) is 14.4. The first-order valence-electron chi connectivity index (χ1n) is 5.04. The molecule has 0 saturated heterocycles. The average molecular weight is 263 g/mol. The summed E-state index contributed by atoms with van der Waals surface area (Å²) in [5.74, 6) is 0. The van der Waals surface area contributed by atoms with Gasteiger partial charge in [0, 0.05) is 0 Å². The molecule has 0 aromatic carbocycles. The quantitative estimate of drug-likeness (QED) is 0.649. The molecule has 0 aromatic heterocycles. The van der Waals surface area contributed by atoms with Crippen LogP contribution in [-0.2, 0) is 0 Å². The van der Waals surface area contributed by atoms with Crippen molar-refractivity contribution < 1.29 is 0 Å². The van der Waals surface area contributed by atoms with E-state index < -0.39 is 18.4 Å². The van der Waals surface area contributed by atoms with Gasteiger partial charge < -0.3 is 0 Å². The third-order valence-electron chi connectivity index (χ3n) is 3.12. The molecular weight excluding hydrogens is 239 g/mol. The molecule has 0 aliphatic rings. The van der Waals surface area contributed by atoms with Crippen LogP contribution < -0.4 is 0 Å². The summed E-state index contributed by atoms with van der Waals surface area (Å²) in [6, 6.07) is 0. The van der Waals surface area contributed by atoms with Crippen molar-refractivity contribution in [1.82, 2.24) is 0 Å². The van der Waals surface area contributed by atoms with Crippen LogP contribution >= 0.6 is 0 Å². The Bertz CT molecular complexity index is 97.0. The number of hydrogen-bond donors (Lipinski definition) is 0. The number of unbranched alkanes of at least 4 members (excludes halogenated alkanes) is 1. The molecule has 1 unspecified atom stereocenters. The molecule has 1 heteroatoms. The van der Waals surface area contributed by atoms with Crippen LogP contribution in [0.3, 0.4) is 0 Å². The molecular formula is C10H24Sn. The van der Waals surface area contributed by atoms with Gasteiger partial charge in [-0.3, -0.25) is 0 Å². The van der Waals surface area contributed by atoms with Crippen molar-refractivity contribution in [3.63, 3.8) is 0 Å². The van der Waals surface area contributed by atoms with Crippen molar-refractivity contribution in [2.24, 2.45) is 0 Å². The zero-order chi connectivity index (χ0) is 8.91. The van der Waals surface area contributed by atoms with Crippen molar-refractivity contribution in [2.75, 3.05) is 0 Å². The summed E-state index contributed by atoms with van der Waals surface area (Å²) >= 11 is -1.54. The van der Waals surface area contributed by atoms with Crippen molar-refractivity contribution in [2.45, 2.75) is 58.3 Å². The normalized spacial score (nSPS) is 15.0. The minimum absolute atomic E-state index is 1.08. The fourth-order valence-electron chi connectivity index (χ4n) is 1.43. The molecule has 11 heavy (non-hydrogen) atoms. The van der Waals surface area contributed by atoms with E-state index in [1.165, 1.54) is 19.3 Å². The van der Waals surface area contributed by atoms with Crippen LogP contribution in [0.5, 0.6) is 0 Å². The summed E-state index contributed by atoms with van der Waals surface area (Å²) in [4.78, 5) is 5.22. The van der Waals surface area contributed by atoms with Crippen LogP contribution in [0.25, 0.3) is 0 Å². The Labute approximate surface area is 76.6 Å². The molecule has 0 radical (unpaired) electrons. The summed E-state index contributed by atoms with van der Waals surface area (Å²) in [6.45, 7) is 7.11. The second-order valence-corrected chi connectivity index (χ2v) is 20.0. The average Bonchev–Trinajstić information content (AvgIpc) is 1.99. The fourth-order valence-corrected chi connectivity index (χ4v) is 9.60. The van der Waals surface area contributed by atoms with Gasteiger partial charge in [0.05, 0.1) is 0 Å². The number of rotatable bonds is 5.